The van der Waals surface area contributed by atoms with Crippen molar-refractivity contribution in [3.8, 4) is 0 Å². The molecule has 0 bridgehead atoms. The van der Waals surface area contributed by atoms with Gasteiger partial charge in [-0.25, -0.2) is 8.42 Å². The number of carbonyl (C=O) groups excluding carboxylic acids is 1. The van der Waals surface area contributed by atoms with E-state index in [4.69, 9.17) is 16.7 Å². The summed E-state index contributed by atoms with van der Waals surface area (Å²) < 4.78 is 27.8. The number of carbonyl (C=O) groups is 2. The Bertz CT molecular complexity index is 1070. The van der Waals surface area contributed by atoms with Gasteiger partial charge in [0.25, 0.3) is 0 Å². The number of carboxylic acids is 1. The van der Waals surface area contributed by atoms with Gasteiger partial charge < -0.3 is 10.2 Å². The number of nitrogens with zero attached hydrogens (tertiary/aromatic N) is 1. The molecule has 1 atom stereocenters. The molecule has 1 aliphatic carbocycles. The molecule has 2 N–H and O–H groups in total. The fourth-order valence-electron chi connectivity index (χ4n) is 4.16. The molecule has 7 nitrogen and oxygen atoms in total. The van der Waals surface area contributed by atoms with Gasteiger partial charge in [-0.15, -0.1) is 0 Å². The molecule has 1 aromatic carbocycles. The van der Waals surface area contributed by atoms with E-state index >= 15 is 0 Å². The van der Waals surface area contributed by atoms with Crippen molar-refractivity contribution in [3.63, 3.8) is 0 Å². The van der Waals surface area contributed by atoms with Crippen LogP contribution in [0, 0.1) is 5.41 Å². The largest absolute Gasteiger partial charge is 0.512 e. The predicted molar refractivity (Wildman–Crippen MR) is 122 cm³/mol. The molecule has 0 radical (unpaired) electrons. The van der Waals surface area contributed by atoms with Crippen LogP contribution in [0.5, 0.6) is 0 Å². The number of halogens is 1. The average Bonchev–Trinajstić information content (AvgIpc) is 2.75. The topological polar surface area (TPSA) is 112 Å². The van der Waals surface area contributed by atoms with E-state index in [2.05, 4.69) is 0 Å². The van der Waals surface area contributed by atoms with E-state index in [1.807, 2.05) is 6.08 Å². The van der Waals surface area contributed by atoms with Crippen LogP contribution in [-0.4, -0.2) is 47.8 Å². The number of aliphatic hydroxyl groups is 1. The fraction of sp³-hybridized carbons (Fsp3) is 0.391. The predicted octanol–water partition coefficient (Wildman–Crippen LogP) is 4.01. The summed E-state index contributed by atoms with van der Waals surface area (Å²) in [4.78, 5) is 24.5. The Kier molecular flexibility index (Phi) is 7.59. The Balaban J connectivity index is 1.96. The van der Waals surface area contributed by atoms with Gasteiger partial charge in [-0.05, 0) is 55.9 Å². The molecule has 1 aromatic rings. The Hall–Kier alpha value is -2.42. The molecular weight excluding hydrogens is 454 g/mol. The highest BCUT2D eigenvalue weighted by Gasteiger charge is 2.45. The SMILES string of the molecule is O=C(O)C/C(O)=C/C(=O)C1(Cc2ccc(Cl)cc2)CCCN(S(=O)(=O)C2=CCCC=C2)C1. The molecule has 1 unspecified atom stereocenters. The highest BCUT2D eigenvalue weighted by atomic mass is 35.5. The number of hydrogen-bond acceptors (Lipinski definition) is 5. The fourth-order valence-corrected chi connectivity index (χ4v) is 5.97. The van der Waals surface area contributed by atoms with Crippen LogP contribution in [0.4, 0.5) is 0 Å². The molecule has 32 heavy (non-hydrogen) atoms. The first-order valence-corrected chi connectivity index (χ1v) is 12.2. The zero-order chi connectivity index (χ0) is 23.4. The quantitative estimate of drug-likeness (QED) is 0.430. The van der Waals surface area contributed by atoms with Gasteiger partial charge in [-0.1, -0.05) is 35.9 Å². The maximum Gasteiger partial charge on any atom is 0.311 e. The number of aliphatic carboxylic acids is 1. The van der Waals surface area contributed by atoms with Crippen molar-refractivity contribution in [2.45, 2.75) is 38.5 Å². The molecule has 3 rings (SSSR count). The first-order chi connectivity index (χ1) is 15.1. The second-order valence-electron chi connectivity index (χ2n) is 8.18. The van der Waals surface area contributed by atoms with Gasteiger partial charge in [-0.2, -0.15) is 4.31 Å². The van der Waals surface area contributed by atoms with E-state index in [9.17, 15) is 23.1 Å². The summed E-state index contributed by atoms with van der Waals surface area (Å²) in [5, 5.41) is 19.4. The Morgan fingerprint density at radius 2 is 1.88 bits per heavy atom. The van der Waals surface area contributed by atoms with E-state index in [0.717, 1.165) is 18.1 Å². The molecule has 0 spiro atoms. The molecule has 9 heteroatoms. The normalized spacial score (nSPS) is 22.4. The van der Waals surface area contributed by atoms with Gasteiger partial charge >= 0.3 is 5.97 Å². The Morgan fingerprint density at radius 1 is 1.16 bits per heavy atom. The monoisotopic (exact) mass is 479 g/mol. The van der Waals surface area contributed by atoms with Crippen LogP contribution in [0.3, 0.4) is 0 Å². The van der Waals surface area contributed by atoms with Crippen LogP contribution in [-0.2, 0) is 26.0 Å². The van der Waals surface area contributed by atoms with Gasteiger partial charge in [0, 0.05) is 24.2 Å². The number of sulfonamides is 1. The minimum absolute atomic E-state index is 0.0567. The van der Waals surface area contributed by atoms with E-state index in [0.29, 0.717) is 24.3 Å². The molecule has 0 saturated carbocycles. The third-order valence-electron chi connectivity index (χ3n) is 5.75. The number of hydrogen-bond donors (Lipinski definition) is 2. The van der Waals surface area contributed by atoms with E-state index in [1.54, 1.807) is 36.4 Å². The number of rotatable bonds is 8. The smallest absolute Gasteiger partial charge is 0.311 e. The lowest BCUT2D eigenvalue weighted by Gasteiger charge is -2.41. The third-order valence-corrected chi connectivity index (χ3v) is 7.89. The number of aliphatic hydroxyl groups excluding tert-OH is 1. The van der Waals surface area contributed by atoms with Crippen molar-refractivity contribution in [1.82, 2.24) is 4.31 Å². The number of carboxylic acid groups (broad SMARTS) is 1. The number of benzene rings is 1. The summed E-state index contributed by atoms with van der Waals surface area (Å²) in [6.45, 7) is 0.229. The van der Waals surface area contributed by atoms with Crippen molar-refractivity contribution in [3.05, 3.63) is 69.8 Å². The summed E-state index contributed by atoms with van der Waals surface area (Å²) >= 11 is 5.97. The molecule has 1 saturated heterocycles. The second kappa shape index (κ2) is 10.0. The standard InChI is InChI=1S/C23H26ClNO6S/c24-18-9-7-17(8-10-18)15-23(21(27)13-19(26)14-22(28)29)11-4-12-25(16-23)32(30,31)20-5-2-1-3-6-20/h2,5-10,13,26H,1,3-4,11-12,14-16H2,(H,28,29)/b19-13-. The van der Waals surface area contributed by atoms with Crippen LogP contribution >= 0.6 is 11.6 Å². The van der Waals surface area contributed by atoms with Gasteiger partial charge in [0.1, 0.15) is 12.2 Å². The minimum Gasteiger partial charge on any atom is -0.512 e. The van der Waals surface area contributed by atoms with Gasteiger partial charge in [0.05, 0.1) is 10.3 Å². The molecule has 2 aliphatic rings. The first kappa shape index (κ1) is 24.2. The van der Waals surface area contributed by atoms with Crippen LogP contribution in [0.15, 0.2) is 59.2 Å². The summed E-state index contributed by atoms with van der Waals surface area (Å²) in [6, 6.07) is 6.94. The van der Waals surface area contributed by atoms with Crippen molar-refractivity contribution in [2.75, 3.05) is 13.1 Å². The van der Waals surface area contributed by atoms with Crippen LogP contribution < -0.4 is 0 Å². The van der Waals surface area contributed by atoms with Crippen LogP contribution in [0.25, 0.3) is 0 Å². The number of allylic oxidation sites excluding steroid dienone is 4. The van der Waals surface area contributed by atoms with Crippen molar-refractivity contribution in [2.24, 2.45) is 5.41 Å². The maximum atomic E-state index is 13.3. The number of ketones is 1. The Morgan fingerprint density at radius 3 is 2.50 bits per heavy atom. The van der Waals surface area contributed by atoms with Gasteiger partial charge in [-0.3, -0.25) is 9.59 Å². The molecule has 1 fully saturated rings. The number of piperidine rings is 1. The maximum absolute atomic E-state index is 13.3. The van der Waals surface area contributed by atoms with Crippen molar-refractivity contribution >= 4 is 33.4 Å². The van der Waals surface area contributed by atoms with Gasteiger partial charge in [0.2, 0.25) is 10.0 Å². The molecule has 1 aliphatic heterocycles. The van der Waals surface area contributed by atoms with Crippen LogP contribution in [0.1, 0.15) is 37.7 Å². The first-order valence-electron chi connectivity index (χ1n) is 10.4. The van der Waals surface area contributed by atoms with Gasteiger partial charge in [0.15, 0.2) is 5.78 Å². The lowest BCUT2D eigenvalue weighted by molar-refractivity contribution is -0.136. The zero-order valence-corrected chi connectivity index (χ0v) is 19.1. The molecule has 0 amide bonds. The summed E-state index contributed by atoms with van der Waals surface area (Å²) in [5.41, 5.74) is -0.338. The second-order valence-corrected chi connectivity index (χ2v) is 10.6. The zero-order valence-electron chi connectivity index (χ0n) is 17.5. The van der Waals surface area contributed by atoms with Crippen molar-refractivity contribution < 1.29 is 28.2 Å². The summed E-state index contributed by atoms with van der Waals surface area (Å²) in [6.07, 6.45) is 7.87. The molecule has 1 heterocycles. The summed E-state index contributed by atoms with van der Waals surface area (Å²) in [7, 11) is -3.78. The van der Waals surface area contributed by atoms with E-state index in [-0.39, 0.29) is 24.4 Å². The minimum atomic E-state index is -3.78. The molecule has 172 valence electrons. The van der Waals surface area contributed by atoms with E-state index in [1.165, 1.54) is 4.31 Å². The van der Waals surface area contributed by atoms with Crippen LogP contribution in [0.2, 0.25) is 5.02 Å². The van der Waals surface area contributed by atoms with Crippen molar-refractivity contribution in [1.29, 1.82) is 0 Å². The highest BCUT2D eigenvalue weighted by molar-refractivity contribution is 7.93. The average molecular weight is 480 g/mol. The molecular formula is C23H26ClNO6S. The summed E-state index contributed by atoms with van der Waals surface area (Å²) in [5.74, 6) is -2.31. The third kappa shape index (κ3) is 5.68. The highest BCUT2D eigenvalue weighted by Crippen LogP contribution is 2.38. The Labute approximate surface area is 192 Å². The van der Waals surface area contributed by atoms with E-state index < -0.39 is 39.4 Å². The molecule has 0 aromatic heterocycles. The lowest BCUT2D eigenvalue weighted by Crippen LogP contribution is -2.50. The lowest BCUT2D eigenvalue weighted by atomic mass is 9.72.